The van der Waals surface area contributed by atoms with Crippen LogP contribution in [0.5, 0.6) is 0 Å². The van der Waals surface area contributed by atoms with Gasteiger partial charge in [-0.15, -0.1) is 0 Å². The van der Waals surface area contributed by atoms with Crippen LogP contribution in [0.4, 0.5) is 0 Å². The molecule has 0 unspecified atom stereocenters. The van der Waals surface area contributed by atoms with Gasteiger partial charge in [0.2, 0.25) is 0 Å². The molecule has 0 fully saturated rings. The highest BCUT2D eigenvalue weighted by atomic mass is 32.1. The van der Waals surface area contributed by atoms with Crippen LogP contribution in [0.15, 0.2) is 34.1 Å². The van der Waals surface area contributed by atoms with Crippen molar-refractivity contribution in [3.8, 4) is 0 Å². The zero-order chi connectivity index (χ0) is 11.8. The molecule has 3 rings (SSSR count). The summed E-state index contributed by atoms with van der Waals surface area (Å²) in [7, 11) is 0. The van der Waals surface area contributed by atoms with Gasteiger partial charge in [0, 0.05) is 6.54 Å². The Hall–Kier alpha value is -1.68. The van der Waals surface area contributed by atoms with Crippen molar-refractivity contribution in [3.05, 3.63) is 55.1 Å². The van der Waals surface area contributed by atoms with Crippen molar-refractivity contribution in [2.75, 3.05) is 6.54 Å². The highest BCUT2D eigenvalue weighted by molar-refractivity contribution is 7.07. The molecular formula is C13H12N2OS. The van der Waals surface area contributed by atoms with Crippen LogP contribution in [0.25, 0.3) is 6.08 Å². The first-order valence-corrected chi connectivity index (χ1v) is 6.38. The lowest BCUT2D eigenvalue weighted by Gasteiger charge is -1.93. The minimum atomic E-state index is 0.0897. The summed E-state index contributed by atoms with van der Waals surface area (Å²) >= 11 is 1.48. The van der Waals surface area contributed by atoms with E-state index in [1.807, 2.05) is 18.2 Å². The minimum Gasteiger partial charge on any atom is -0.282 e. The van der Waals surface area contributed by atoms with E-state index in [1.165, 1.54) is 16.9 Å². The van der Waals surface area contributed by atoms with Crippen molar-refractivity contribution >= 4 is 17.4 Å². The van der Waals surface area contributed by atoms with E-state index in [4.69, 9.17) is 0 Å². The SMILES string of the molecule is Cc1ccc(/C=c2/sc3n(c2=O)CCN=3)cc1. The number of thiazole rings is 1. The predicted molar refractivity (Wildman–Crippen MR) is 69.0 cm³/mol. The van der Waals surface area contributed by atoms with Gasteiger partial charge in [-0.05, 0) is 18.6 Å². The first-order valence-electron chi connectivity index (χ1n) is 5.56. The molecule has 0 saturated heterocycles. The molecule has 0 atom stereocenters. The van der Waals surface area contributed by atoms with Crippen molar-refractivity contribution in [3.63, 3.8) is 0 Å². The number of fused-ring (bicyclic) bond motifs is 1. The van der Waals surface area contributed by atoms with Gasteiger partial charge in [0.1, 0.15) is 0 Å². The molecule has 2 heterocycles. The Bertz CT molecular complexity index is 722. The molecule has 0 bridgehead atoms. The smallest absolute Gasteiger partial charge is 0.270 e. The van der Waals surface area contributed by atoms with E-state index in [2.05, 4.69) is 24.0 Å². The van der Waals surface area contributed by atoms with Gasteiger partial charge in [-0.2, -0.15) is 0 Å². The molecule has 17 heavy (non-hydrogen) atoms. The number of nitrogens with zero attached hydrogens (tertiary/aromatic N) is 2. The van der Waals surface area contributed by atoms with Crippen molar-refractivity contribution < 1.29 is 0 Å². The van der Waals surface area contributed by atoms with E-state index in [9.17, 15) is 4.79 Å². The average Bonchev–Trinajstić information content (AvgIpc) is 2.87. The zero-order valence-corrected chi connectivity index (χ0v) is 10.3. The summed E-state index contributed by atoms with van der Waals surface area (Å²) in [6, 6.07) is 8.16. The fourth-order valence-corrected chi connectivity index (χ4v) is 2.91. The maximum atomic E-state index is 12.0. The van der Waals surface area contributed by atoms with Crippen LogP contribution in [-0.2, 0) is 6.54 Å². The Labute approximate surface area is 102 Å². The van der Waals surface area contributed by atoms with Gasteiger partial charge in [-0.3, -0.25) is 14.4 Å². The second-order valence-corrected chi connectivity index (χ2v) is 5.15. The molecule has 2 aromatic rings. The maximum absolute atomic E-state index is 12.0. The second kappa shape index (κ2) is 3.96. The molecule has 86 valence electrons. The molecule has 0 radical (unpaired) electrons. The summed E-state index contributed by atoms with van der Waals surface area (Å²) in [4.78, 5) is 17.2. The van der Waals surface area contributed by atoms with E-state index >= 15 is 0 Å². The molecule has 0 aliphatic carbocycles. The second-order valence-electron chi connectivity index (χ2n) is 4.14. The highest BCUT2D eigenvalue weighted by Gasteiger charge is 2.09. The molecule has 4 heteroatoms. The van der Waals surface area contributed by atoms with Crippen LogP contribution in [0.3, 0.4) is 0 Å². The van der Waals surface area contributed by atoms with E-state index in [0.29, 0.717) is 0 Å². The largest absolute Gasteiger partial charge is 0.282 e. The van der Waals surface area contributed by atoms with Gasteiger partial charge < -0.3 is 0 Å². The maximum Gasteiger partial charge on any atom is 0.270 e. The highest BCUT2D eigenvalue weighted by Crippen LogP contribution is 2.03. The third kappa shape index (κ3) is 1.85. The number of hydrogen-bond donors (Lipinski definition) is 0. The van der Waals surface area contributed by atoms with Gasteiger partial charge in [-0.1, -0.05) is 41.2 Å². The molecule has 1 aromatic carbocycles. The fourth-order valence-electron chi connectivity index (χ4n) is 1.88. The summed E-state index contributed by atoms with van der Waals surface area (Å²) in [5.41, 5.74) is 2.38. The normalized spacial score (nSPS) is 14.8. The van der Waals surface area contributed by atoms with Gasteiger partial charge in [0.05, 0.1) is 11.1 Å². The van der Waals surface area contributed by atoms with Gasteiger partial charge in [0.15, 0.2) is 4.80 Å². The molecule has 0 amide bonds. The Morgan fingerprint density at radius 3 is 2.82 bits per heavy atom. The zero-order valence-electron chi connectivity index (χ0n) is 9.51. The molecule has 1 aliphatic heterocycles. The van der Waals surface area contributed by atoms with Crippen LogP contribution in [0.1, 0.15) is 11.1 Å². The third-order valence-corrected chi connectivity index (χ3v) is 3.88. The standard InChI is InChI=1S/C13H12N2OS/c1-9-2-4-10(5-3-9)8-11-12(16)15-7-6-14-13(15)17-11/h2-5,8H,6-7H2,1H3/b11-8+. The lowest BCUT2D eigenvalue weighted by molar-refractivity contribution is 0.740. The molecule has 1 aliphatic rings. The van der Waals surface area contributed by atoms with Crippen LogP contribution in [0, 0.1) is 6.92 Å². The first kappa shape index (κ1) is 10.5. The van der Waals surface area contributed by atoms with Crippen LogP contribution in [-0.4, -0.2) is 11.1 Å². The number of aromatic nitrogens is 1. The number of rotatable bonds is 1. The van der Waals surface area contributed by atoms with E-state index in [1.54, 1.807) is 4.57 Å². The average molecular weight is 244 g/mol. The summed E-state index contributed by atoms with van der Waals surface area (Å²) < 4.78 is 2.53. The first-order chi connectivity index (χ1) is 8.24. The van der Waals surface area contributed by atoms with Crippen molar-refractivity contribution in [2.24, 2.45) is 4.99 Å². The van der Waals surface area contributed by atoms with Crippen LogP contribution >= 0.6 is 11.3 Å². The van der Waals surface area contributed by atoms with Crippen LogP contribution < -0.4 is 14.9 Å². The van der Waals surface area contributed by atoms with Gasteiger partial charge in [-0.25, -0.2) is 0 Å². The minimum absolute atomic E-state index is 0.0897. The monoisotopic (exact) mass is 244 g/mol. The quantitative estimate of drug-likeness (QED) is 0.726. The number of aryl methyl sites for hydroxylation is 1. The molecular weight excluding hydrogens is 232 g/mol. The summed E-state index contributed by atoms with van der Waals surface area (Å²) in [6.07, 6.45) is 1.94. The molecule has 0 spiro atoms. The van der Waals surface area contributed by atoms with Crippen LogP contribution in [0.2, 0.25) is 0 Å². The van der Waals surface area contributed by atoms with E-state index in [0.717, 1.165) is 28.0 Å². The van der Waals surface area contributed by atoms with Gasteiger partial charge in [0.25, 0.3) is 5.56 Å². The Morgan fingerprint density at radius 1 is 1.35 bits per heavy atom. The molecule has 3 nitrogen and oxygen atoms in total. The molecule has 0 N–H and O–H groups in total. The number of hydrogen-bond acceptors (Lipinski definition) is 3. The lowest BCUT2D eigenvalue weighted by Crippen LogP contribution is -2.29. The lowest BCUT2D eigenvalue weighted by atomic mass is 10.1. The topological polar surface area (TPSA) is 34.4 Å². The fraction of sp³-hybridized carbons (Fsp3) is 0.231. The summed E-state index contributed by atoms with van der Waals surface area (Å²) in [5.74, 6) is 0. The Kier molecular flexibility index (Phi) is 2.44. The van der Waals surface area contributed by atoms with Crippen molar-refractivity contribution in [1.82, 2.24) is 4.57 Å². The predicted octanol–water partition coefficient (Wildman–Crippen LogP) is 0.680. The summed E-state index contributed by atoms with van der Waals surface area (Å²) in [6.45, 7) is 3.52. The van der Waals surface area contributed by atoms with Gasteiger partial charge >= 0.3 is 0 Å². The Morgan fingerprint density at radius 2 is 2.12 bits per heavy atom. The summed E-state index contributed by atoms with van der Waals surface area (Å²) in [5, 5.41) is 0. The number of benzene rings is 1. The van der Waals surface area contributed by atoms with Crippen molar-refractivity contribution in [1.29, 1.82) is 0 Å². The molecule has 1 aromatic heterocycles. The molecule has 0 saturated carbocycles. The van der Waals surface area contributed by atoms with E-state index in [-0.39, 0.29) is 5.56 Å². The van der Waals surface area contributed by atoms with E-state index < -0.39 is 0 Å². The Balaban J connectivity index is 2.17. The van der Waals surface area contributed by atoms with Crippen molar-refractivity contribution in [2.45, 2.75) is 13.5 Å². The third-order valence-electron chi connectivity index (χ3n) is 2.83.